The summed E-state index contributed by atoms with van der Waals surface area (Å²) < 4.78 is 208. The number of hydrogen-bond donors (Lipinski definition) is 0. The number of fused-ring (bicyclic) bond motifs is 2. The molecule has 0 radical (unpaired) electrons. The van der Waals surface area contributed by atoms with E-state index >= 15 is 0 Å². The van der Waals surface area contributed by atoms with Crippen molar-refractivity contribution in [3.63, 3.8) is 0 Å². The maximum atomic E-state index is 13.5. The summed E-state index contributed by atoms with van der Waals surface area (Å²) in [6, 6.07) is 14.6. The molecule has 3 aromatic carbocycles. The van der Waals surface area contributed by atoms with E-state index in [2.05, 4.69) is 0 Å². The van der Waals surface area contributed by atoms with Crippen molar-refractivity contribution in [3.8, 4) is 23.0 Å². The van der Waals surface area contributed by atoms with Crippen LogP contribution in [0.2, 0.25) is 0 Å². The van der Waals surface area contributed by atoms with Crippen LogP contribution in [-0.4, -0.2) is 67.2 Å². The van der Waals surface area contributed by atoms with E-state index in [9.17, 15) is 75.8 Å². The molecular weight excluding hydrogens is 934 g/mol. The fraction of sp³-hybridized carbons (Fsp3) is 0.489. The molecule has 3 atom stereocenters. The van der Waals surface area contributed by atoms with Crippen molar-refractivity contribution in [2.75, 3.05) is 13.2 Å². The molecular formula is C45H42F14O8. The Labute approximate surface area is 373 Å². The van der Waals surface area contributed by atoms with Gasteiger partial charge in [-0.1, -0.05) is 12.2 Å². The van der Waals surface area contributed by atoms with Crippen LogP contribution in [0.5, 0.6) is 23.0 Å². The van der Waals surface area contributed by atoms with Gasteiger partial charge in [0.2, 0.25) is 0 Å². The van der Waals surface area contributed by atoms with Crippen LogP contribution >= 0.6 is 0 Å². The van der Waals surface area contributed by atoms with Crippen molar-refractivity contribution in [2.24, 2.45) is 17.8 Å². The predicted octanol–water partition coefficient (Wildman–Crippen LogP) is 12.9. The van der Waals surface area contributed by atoms with Gasteiger partial charge in [0, 0.05) is 18.4 Å². The van der Waals surface area contributed by atoms with E-state index in [4.69, 9.17) is 23.7 Å². The van der Waals surface area contributed by atoms with Gasteiger partial charge in [-0.05, 0) is 130 Å². The summed E-state index contributed by atoms with van der Waals surface area (Å²) in [5.41, 5.74) is 0.168. The highest BCUT2D eigenvalue weighted by atomic mass is 19.4. The molecule has 0 spiro atoms. The molecule has 0 N–H and O–H groups in total. The lowest BCUT2D eigenvalue weighted by molar-refractivity contribution is -0.356. The molecule has 0 heterocycles. The number of benzene rings is 3. The molecule has 0 amide bonds. The van der Waals surface area contributed by atoms with Gasteiger partial charge < -0.3 is 23.7 Å². The predicted molar refractivity (Wildman–Crippen MR) is 208 cm³/mol. The second-order valence-electron chi connectivity index (χ2n) is 16.0. The Hall–Kier alpha value is -5.57. The number of ether oxygens (including phenoxy) is 5. The number of carbonyl (C=O) groups excluding carboxylic acids is 3. The van der Waals surface area contributed by atoms with Gasteiger partial charge in [0.05, 0.1) is 30.3 Å². The zero-order valence-corrected chi connectivity index (χ0v) is 35.0. The second kappa shape index (κ2) is 21.2. The van der Waals surface area contributed by atoms with Gasteiger partial charge in [-0.3, -0.25) is 4.79 Å². The highest BCUT2D eigenvalue weighted by Gasteiger charge is 2.73. The molecule has 0 aliphatic heterocycles. The Morgan fingerprint density at radius 1 is 0.522 bits per heavy atom. The zero-order valence-electron chi connectivity index (χ0n) is 35.0. The molecule has 8 nitrogen and oxygen atoms in total. The molecule has 2 bridgehead atoms. The minimum atomic E-state index is -6.40. The van der Waals surface area contributed by atoms with Crippen LogP contribution < -0.4 is 18.9 Å². The van der Waals surface area contributed by atoms with Gasteiger partial charge in [-0.15, -0.1) is 0 Å². The normalized spacial score (nSPS) is 17.6. The lowest BCUT2D eigenvalue weighted by Gasteiger charge is -2.28. The van der Waals surface area contributed by atoms with Gasteiger partial charge in [0.25, 0.3) is 0 Å². The van der Waals surface area contributed by atoms with E-state index in [0.717, 1.165) is 6.42 Å². The average molecular weight is 977 g/mol. The summed E-state index contributed by atoms with van der Waals surface area (Å²) in [6.45, 7) is -0.618. The first-order valence-corrected chi connectivity index (χ1v) is 20.7. The van der Waals surface area contributed by atoms with E-state index in [0.29, 0.717) is 6.42 Å². The Bertz CT molecular complexity index is 2190. The topological polar surface area (TPSA) is 97.4 Å². The molecule has 3 unspecified atom stereocenters. The van der Waals surface area contributed by atoms with Crippen molar-refractivity contribution < 1.29 is 99.5 Å². The number of hydrogen-bond acceptors (Lipinski definition) is 8. The van der Waals surface area contributed by atoms with Crippen molar-refractivity contribution >= 4 is 17.9 Å². The summed E-state index contributed by atoms with van der Waals surface area (Å²) in [5, 5.41) is 0. The molecule has 5 rings (SSSR count). The monoisotopic (exact) mass is 976 g/mol. The average Bonchev–Trinajstić information content (AvgIpc) is 3.90. The Kier molecular flexibility index (Phi) is 16.5. The van der Waals surface area contributed by atoms with Crippen LogP contribution in [0.1, 0.15) is 90.5 Å². The number of allylic oxidation sites excluding steroid dienone is 2. The summed E-state index contributed by atoms with van der Waals surface area (Å²) in [6.07, 6.45) is -12.2. The summed E-state index contributed by atoms with van der Waals surface area (Å²) in [7, 11) is 0. The summed E-state index contributed by atoms with van der Waals surface area (Å²) >= 11 is 0. The molecule has 2 aliphatic rings. The number of unbranched alkanes of at least 4 members (excludes halogenated alkanes) is 4. The fourth-order valence-electron chi connectivity index (χ4n) is 7.20. The number of halogens is 14. The SMILES string of the molecule is O=C(Oc1ccc(OC(=O)c2ccc(OCCCCCC(F)(F)C(F)(F)C(F)(F)F)cc2)c(COC(=O)C2CC3C=CC2C3)c1)c1ccc(OCCCCCC(F)(F)C(F)(F)C(F)(F)F)cc1. The molecule has 0 aromatic heterocycles. The zero-order chi connectivity index (χ0) is 49.4. The van der Waals surface area contributed by atoms with Gasteiger partial charge in [-0.25, -0.2) is 9.59 Å². The molecule has 1 saturated carbocycles. The third-order valence-corrected chi connectivity index (χ3v) is 11.0. The standard InChI is InChI=1S/C45H42F14O8/c46-40(47,42(50,51)44(54,55)56)19-3-1-5-21-63-32-13-9-28(10-14-32)37(60)66-34-17-18-36(31(25-34)26-65-39(62)35-24-27-7-8-30(35)23-27)67-38(61)29-11-15-33(16-12-29)64-22-6-2-4-20-41(48,49)43(52,53)45(57,58)59/h7-18,25,27,30,35H,1-6,19-24,26H2. The summed E-state index contributed by atoms with van der Waals surface area (Å²) in [4.78, 5) is 39.3. The molecule has 2 aliphatic carbocycles. The smallest absolute Gasteiger partial charge is 0.459 e. The maximum absolute atomic E-state index is 13.5. The van der Waals surface area contributed by atoms with Crippen LogP contribution in [0.4, 0.5) is 61.5 Å². The van der Waals surface area contributed by atoms with Crippen molar-refractivity contribution in [1.29, 1.82) is 0 Å². The summed E-state index contributed by atoms with van der Waals surface area (Å²) in [5.74, 6) is -24.9. The lowest BCUT2D eigenvalue weighted by Crippen LogP contribution is -2.51. The van der Waals surface area contributed by atoms with E-state index in [1.165, 1.54) is 66.7 Å². The maximum Gasteiger partial charge on any atom is 0.459 e. The molecule has 67 heavy (non-hydrogen) atoms. The number of carbonyl (C=O) groups is 3. The highest BCUT2D eigenvalue weighted by Crippen LogP contribution is 2.50. The Morgan fingerprint density at radius 3 is 1.42 bits per heavy atom. The van der Waals surface area contributed by atoms with Crippen LogP contribution in [0.25, 0.3) is 0 Å². The van der Waals surface area contributed by atoms with Gasteiger partial charge in [0.1, 0.15) is 29.6 Å². The second-order valence-corrected chi connectivity index (χ2v) is 16.0. The molecule has 1 fully saturated rings. The van der Waals surface area contributed by atoms with Crippen molar-refractivity contribution in [2.45, 2.75) is 107 Å². The number of esters is 3. The van der Waals surface area contributed by atoms with E-state index in [-0.39, 0.29) is 96.3 Å². The minimum absolute atomic E-state index is 0.0108. The van der Waals surface area contributed by atoms with Gasteiger partial charge in [0.15, 0.2) is 0 Å². The van der Waals surface area contributed by atoms with Crippen LogP contribution in [0.3, 0.4) is 0 Å². The Morgan fingerprint density at radius 2 is 0.985 bits per heavy atom. The van der Waals surface area contributed by atoms with Crippen molar-refractivity contribution in [1.82, 2.24) is 0 Å². The fourth-order valence-corrected chi connectivity index (χ4v) is 7.20. The largest absolute Gasteiger partial charge is 0.494 e. The lowest BCUT2D eigenvalue weighted by atomic mass is 9.94. The molecule has 368 valence electrons. The quantitative estimate of drug-likeness (QED) is 0.0305. The molecule has 22 heteroatoms. The van der Waals surface area contributed by atoms with Crippen LogP contribution in [0, 0.1) is 17.8 Å². The van der Waals surface area contributed by atoms with E-state index < -0.39 is 86.2 Å². The van der Waals surface area contributed by atoms with E-state index in [1.807, 2.05) is 12.2 Å². The minimum Gasteiger partial charge on any atom is -0.494 e. The first-order valence-electron chi connectivity index (χ1n) is 20.7. The van der Waals surface area contributed by atoms with Crippen LogP contribution in [0.15, 0.2) is 78.9 Å². The number of alkyl halides is 14. The Balaban J connectivity index is 1.13. The van der Waals surface area contributed by atoms with Gasteiger partial charge >= 0.3 is 54.0 Å². The first kappa shape index (κ1) is 52.4. The van der Waals surface area contributed by atoms with Crippen LogP contribution in [-0.2, 0) is 16.1 Å². The first-order chi connectivity index (χ1) is 31.2. The highest BCUT2D eigenvalue weighted by molar-refractivity contribution is 5.92. The number of rotatable bonds is 23. The third-order valence-electron chi connectivity index (χ3n) is 11.0. The molecule has 3 aromatic rings. The third kappa shape index (κ3) is 13.1. The van der Waals surface area contributed by atoms with Gasteiger partial charge in [-0.2, -0.15) is 61.5 Å². The molecule has 0 saturated heterocycles. The van der Waals surface area contributed by atoms with Crippen molar-refractivity contribution in [3.05, 3.63) is 95.6 Å². The van der Waals surface area contributed by atoms with E-state index in [1.54, 1.807) is 0 Å².